The van der Waals surface area contributed by atoms with Crippen LogP contribution in [0.3, 0.4) is 0 Å². The monoisotopic (exact) mass is 402 g/mol. The van der Waals surface area contributed by atoms with Gasteiger partial charge in [-0.15, -0.1) is 0 Å². The summed E-state index contributed by atoms with van der Waals surface area (Å²) in [5, 5.41) is 20.9. The number of aliphatic carboxylic acids is 1. The molecule has 2 fully saturated rings. The number of carboxylic acids is 1. The van der Waals surface area contributed by atoms with Crippen molar-refractivity contribution >= 4 is 17.7 Å². The van der Waals surface area contributed by atoms with E-state index in [1.54, 1.807) is 0 Å². The Morgan fingerprint density at radius 3 is 2.61 bits per heavy atom. The van der Waals surface area contributed by atoms with Gasteiger partial charge in [-0.1, -0.05) is 68.7 Å². The van der Waals surface area contributed by atoms with Gasteiger partial charge >= 0.3 is 5.97 Å². The van der Waals surface area contributed by atoms with Gasteiger partial charge in [0.25, 0.3) is 0 Å². The second-order valence-corrected chi connectivity index (χ2v) is 9.94. The van der Waals surface area contributed by atoms with Crippen LogP contribution in [0, 0.1) is 11.8 Å². The molecular formula is C24H34O3S. The van der Waals surface area contributed by atoms with Crippen LogP contribution in [0.25, 0.3) is 0 Å². The van der Waals surface area contributed by atoms with Gasteiger partial charge in [0, 0.05) is 22.8 Å². The first-order valence-electron chi connectivity index (χ1n) is 10.8. The van der Waals surface area contributed by atoms with Crippen LogP contribution in [0.15, 0.2) is 42.5 Å². The SMILES string of the molecule is CC(c1ccccc1)C(O)C=C[C@H]1[C@@H](CCCCCCC(=O)O)[C@H]2CC[C@@H]1S2. The zero-order valence-electron chi connectivity index (χ0n) is 16.9. The Morgan fingerprint density at radius 2 is 1.86 bits per heavy atom. The molecule has 0 amide bonds. The maximum atomic E-state index is 10.7. The molecule has 2 aliphatic rings. The van der Waals surface area contributed by atoms with Crippen LogP contribution in [0.4, 0.5) is 0 Å². The summed E-state index contributed by atoms with van der Waals surface area (Å²) in [4.78, 5) is 10.6. The molecule has 1 aromatic rings. The third-order valence-corrected chi connectivity index (χ3v) is 8.37. The standard InChI is InChI=1S/C24H34O3S/c1-17(18-9-5-4-6-10-18)21(25)14-13-20-19(22-15-16-23(20)28-22)11-7-2-3-8-12-24(26)27/h4-6,9-10,13-14,17,19-23,25H,2-3,7-8,11-12,15-16H2,1H3,(H,26,27)/t17?,19-,20+,21?,22-,23+/m1/s1. The molecule has 154 valence electrons. The minimum atomic E-state index is -0.682. The highest BCUT2D eigenvalue weighted by Crippen LogP contribution is 2.55. The van der Waals surface area contributed by atoms with Gasteiger partial charge in [-0.2, -0.15) is 11.8 Å². The van der Waals surface area contributed by atoms with Gasteiger partial charge in [-0.3, -0.25) is 4.79 Å². The molecule has 3 nitrogen and oxygen atoms in total. The van der Waals surface area contributed by atoms with Crippen molar-refractivity contribution in [1.29, 1.82) is 0 Å². The molecule has 1 aromatic carbocycles. The number of rotatable bonds is 11. The smallest absolute Gasteiger partial charge is 0.303 e. The Labute approximate surface area is 173 Å². The van der Waals surface area contributed by atoms with E-state index in [-0.39, 0.29) is 5.92 Å². The van der Waals surface area contributed by atoms with Crippen molar-refractivity contribution in [2.24, 2.45) is 11.8 Å². The number of hydrogen-bond donors (Lipinski definition) is 2. The molecule has 0 aromatic heterocycles. The fraction of sp³-hybridized carbons (Fsp3) is 0.625. The summed E-state index contributed by atoms with van der Waals surface area (Å²) in [6.45, 7) is 2.09. The van der Waals surface area contributed by atoms with E-state index in [0.717, 1.165) is 35.7 Å². The summed E-state index contributed by atoms with van der Waals surface area (Å²) in [5.74, 6) is 0.730. The Balaban J connectivity index is 1.50. The second kappa shape index (κ2) is 10.5. The van der Waals surface area contributed by atoms with Crippen molar-refractivity contribution in [3.63, 3.8) is 0 Å². The predicted octanol–water partition coefficient (Wildman–Crippen LogP) is 5.64. The topological polar surface area (TPSA) is 57.5 Å². The van der Waals surface area contributed by atoms with E-state index in [0.29, 0.717) is 12.3 Å². The van der Waals surface area contributed by atoms with Crippen molar-refractivity contribution in [2.75, 3.05) is 0 Å². The summed E-state index contributed by atoms with van der Waals surface area (Å²) in [6, 6.07) is 10.2. The van der Waals surface area contributed by atoms with Gasteiger partial charge in [-0.05, 0) is 43.1 Å². The van der Waals surface area contributed by atoms with E-state index in [2.05, 4.69) is 36.9 Å². The van der Waals surface area contributed by atoms with E-state index < -0.39 is 12.1 Å². The first-order valence-corrected chi connectivity index (χ1v) is 11.8. The van der Waals surface area contributed by atoms with E-state index in [1.165, 1.54) is 31.2 Å². The number of hydrogen-bond acceptors (Lipinski definition) is 3. The lowest BCUT2D eigenvalue weighted by molar-refractivity contribution is -0.137. The predicted molar refractivity (Wildman–Crippen MR) is 117 cm³/mol. The van der Waals surface area contributed by atoms with E-state index in [1.807, 2.05) is 24.3 Å². The van der Waals surface area contributed by atoms with Gasteiger partial charge in [0.15, 0.2) is 0 Å². The number of benzene rings is 1. The minimum absolute atomic E-state index is 0.108. The lowest BCUT2D eigenvalue weighted by Gasteiger charge is -2.28. The highest BCUT2D eigenvalue weighted by atomic mass is 32.2. The van der Waals surface area contributed by atoms with E-state index >= 15 is 0 Å². The quantitative estimate of drug-likeness (QED) is 0.371. The Kier molecular flexibility index (Phi) is 8.04. The van der Waals surface area contributed by atoms with Crippen molar-refractivity contribution in [1.82, 2.24) is 0 Å². The van der Waals surface area contributed by atoms with Crippen LogP contribution in [0.2, 0.25) is 0 Å². The van der Waals surface area contributed by atoms with Crippen LogP contribution in [0.5, 0.6) is 0 Å². The van der Waals surface area contributed by atoms with Crippen LogP contribution >= 0.6 is 11.8 Å². The number of aliphatic hydroxyl groups excluding tert-OH is 1. The van der Waals surface area contributed by atoms with Gasteiger partial charge in [0.05, 0.1) is 6.10 Å². The third-order valence-electron chi connectivity index (χ3n) is 6.53. The highest BCUT2D eigenvalue weighted by Gasteiger charge is 2.46. The number of fused-ring (bicyclic) bond motifs is 2. The van der Waals surface area contributed by atoms with Gasteiger partial charge < -0.3 is 10.2 Å². The molecule has 2 N–H and O–H groups in total. The molecule has 0 spiro atoms. The first-order chi connectivity index (χ1) is 13.6. The van der Waals surface area contributed by atoms with E-state index in [4.69, 9.17) is 5.11 Å². The highest BCUT2D eigenvalue weighted by molar-refractivity contribution is 8.01. The fourth-order valence-electron chi connectivity index (χ4n) is 4.83. The zero-order chi connectivity index (χ0) is 19.9. The summed E-state index contributed by atoms with van der Waals surface area (Å²) in [7, 11) is 0. The van der Waals surface area contributed by atoms with Crippen LogP contribution in [-0.4, -0.2) is 32.8 Å². The molecule has 0 radical (unpaired) electrons. The summed E-state index contributed by atoms with van der Waals surface area (Å²) in [5.41, 5.74) is 1.18. The maximum absolute atomic E-state index is 10.7. The molecule has 2 unspecified atom stereocenters. The molecule has 0 saturated carbocycles. The number of allylic oxidation sites excluding steroid dienone is 1. The Morgan fingerprint density at radius 1 is 1.14 bits per heavy atom. The van der Waals surface area contributed by atoms with Gasteiger partial charge in [0.2, 0.25) is 0 Å². The summed E-state index contributed by atoms with van der Waals surface area (Å²) in [6.07, 6.45) is 12.3. The molecule has 2 aliphatic heterocycles. The number of aliphatic hydroxyl groups is 1. The molecule has 2 saturated heterocycles. The number of unbranched alkanes of at least 4 members (excludes halogenated alkanes) is 3. The van der Waals surface area contributed by atoms with Crippen molar-refractivity contribution < 1.29 is 15.0 Å². The molecule has 3 rings (SSSR count). The van der Waals surface area contributed by atoms with Crippen LogP contribution < -0.4 is 0 Å². The zero-order valence-corrected chi connectivity index (χ0v) is 17.7. The molecule has 0 aliphatic carbocycles. The summed E-state index contributed by atoms with van der Waals surface area (Å²) < 4.78 is 0. The average Bonchev–Trinajstić information content (AvgIpc) is 3.30. The first kappa shape index (κ1) is 21.4. The van der Waals surface area contributed by atoms with Gasteiger partial charge in [0.1, 0.15) is 0 Å². The normalized spacial score (nSPS) is 28.6. The lowest BCUT2D eigenvalue weighted by atomic mass is 9.76. The van der Waals surface area contributed by atoms with Crippen molar-refractivity contribution in [3.8, 4) is 0 Å². The minimum Gasteiger partial charge on any atom is -0.481 e. The molecule has 6 atom stereocenters. The maximum Gasteiger partial charge on any atom is 0.303 e. The van der Waals surface area contributed by atoms with Crippen molar-refractivity contribution in [3.05, 3.63) is 48.0 Å². The van der Waals surface area contributed by atoms with Crippen LogP contribution in [0.1, 0.15) is 69.8 Å². The second-order valence-electron chi connectivity index (χ2n) is 8.45. The van der Waals surface area contributed by atoms with Crippen LogP contribution in [-0.2, 0) is 4.79 Å². The summed E-state index contributed by atoms with van der Waals surface area (Å²) >= 11 is 2.17. The molecular weight excluding hydrogens is 368 g/mol. The molecule has 4 heteroatoms. The average molecular weight is 403 g/mol. The largest absolute Gasteiger partial charge is 0.481 e. The Bertz CT molecular complexity index is 645. The number of carbonyl (C=O) groups is 1. The fourth-order valence-corrected chi connectivity index (χ4v) is 6.81. The van der Waals surface area contributed by atoms with Crippen molar-refractivity contribution in [2.45, 2.75) is 80.8 Å². The molecule has 28 heavy (non-hydrogen) atoms. The van der Waals surface area contributed by atoms with E-state index in [9.17, 15) is 9.90 Å². The lowest BCUT2D eigenvalue weighted by Crippen LogP contribution is -2.26. The Hall–Kier alpha value is -1.26. The van der Waals surface area contributed by atoms with Gasteiger partial charge in [-0.25, -0.2) is 0 Å². The molecule has 2 bridgehead atoms. The number of thioether (sulfide) groups is 1. The molecule has 2 heterocycles. The number of carboxylic acid groups (broad SMARTS) is 1. The third kappa shape index (κ3) is 5.64.